The van der Waals surface area contributed by atoms with Crippen molar-refractivity contribution in [1.29, 1.82) is 0 Å². The first-order valence-electron chi connectivity index (χ1n) is 6.32. The van der Waals surface area contributed by atoms with E-state index < -0.39 is 0 Å². The van der Waals surface area contributed by atoms with Crippen LogP contribution in [0.3, 0.4) is 0 Å². The Kier molecular flexibility index (Phi) is 3.94. The first-order valence-corrected chi connectivity index (χ1v) is 6.32. The van der Waals surface area contributed by atoms with Crippen molar-refractivity contribution >= 4 is 10.9 Å². The number of aliphatic hydroxyl groups is 1. The molecular formula is C15H20N2O. The van der Waals surface area contributed by atoms with Crippen LogP contribution in [0.15, 0.2) is 24.3 Å². The topological polar surface area (TPSA) is 45.2 Å². The van der Waals surface area contributed by atoms with Crippen LogP contribution >= 0.6 is 0 Å². The summed E-state index contributed by atoms with van der Waals surface area (Å²) in [5, 5.41) is 13.6. The molecule has 1 unspecified atom stereocenters. The maximum Gasteiger partial charge on any atom is 0.0708 e. The van der Waals surface area contributed by atoms with Crippen LogP contribution < -0.4 is 5.32 Å². The fraction of sp³-hybridized carbons (Fsp3) is 0.400. The molecule has 0 saturated carbocycles. The summed E-state index contributed by atoms with van der Waals surface area (Å²) in [4.78, 5) is 4.61. The molecule has 2 aromatic rings. The molecule has 0 aliphatic carbocycles. The Morgan fingerprint density at radius 2 is 2.00 bits per heavy atom. The van der Waals surface area contributed by atoms with Crippen LogP contribution in [0, 0.1) is 13.8 Å². The number of para-hydroxylation sites is 1. The van der Waals surface area contributed by atoms with Crippen LogP contribution in [0.25, 0.3) is 10.9 Å². The highest BCUT2D eigenvalue weighted by Crippen LogP contribution is 2.22. The van der Waals surface area contributed by atoms with Gasteiger partial charge in [-0.1, -0.05) is 18.2 Å². The van der Waals surface area contributed by atoms with Crippen LogP contribution in [0.4, 0.5) is 0 Å². The smallest absolute Gasteiger partial charge is 0.0708 e. The Balaban J connectivity index is 2.43. The highest BCUT2D eigenvalue weighted by Gasteiger charge is 2.09. The number of nitrogens with one attached hydrogen (secondary N) is 1. The maximum absolute atomic E-state index is 9.08. The summed E-state index contributed by atoms with van der Waals surface area (Å²) < 4.78 is 0. The molecule has 3 nitrogen and oxygen atoms in total. The van der Waals surface area contributed by atoms with Crippen LogP contribution in [0.1, 0.15) is 23.7 Å². The lowest BCUT2D eigenvalue weighted by atomic mass is 10.0. The number of aryl methyl sites for hydroxylation is 1. The molecule has 2 N–H and O–H groups in total. The van der Waals surface area contributed by atoms with E-state index in [9.17, 15) is 0 Å². The molecule has 0 fully saturated rings. The summed E-state index contributed by atoms with van der Waals surface area (Å²) in [5.41, 5.74) is 4.61. The Bertz CT molecular complexity index is 551. The molecule has 2 rings (SSSR count). The zero-order valence-corrected chi connectivity index (χ0v) is 11.2. The number of benzene rings is 1. The van der Waals surface area contributed by atoms with E-state index in [-0.39, 0.29) is 12.6 Å². The van der Waals surface area contributed by atoms with Gasteiger partial charge in [0.2, 0.25) is 0 Å². The third-order valence-corrected chi connectivity index (χ3v) is 3.41. The molecule has 18 heavy (non-hydrogen) atoms. The fourth-order valence-corrected chi connectivity index (χ4v) is 2.08. The molecule has 0 bridgehead atoms. The quantitative estimate of drug-likeness (QED) is 0.867. The second kappa shape index (κ2) is 5.46. The average molecular weight is 244 g/mol. The van der Waals surface area contributed by atoms with Crippen molar-refractivity contribution < 1.29 is 5.11 Å². The summed E-state index contributed by atoms with van der Waals surface area (Å²) in [6.45, 7) is 7.04. The van der Waals surface area contributed by atoms with E-state index in [0.717, 1.165) is 17.8 Å². The number of pyridine rings is 1. The highest BCUT2D eigenvalue weighted by molar-refractivity contribution is 5.83. The van der Waals surface area contributed by atoms with Crippen molar-refractivity contribution in [3.8, 4) is 0 Å². The van der Waals surface area contributed by atoms with E-state index in [4.69, 9.17) is 5.11 Å². The normalized spacial score (nSPS) is 12.9. The molecule has 0 saturated heterocycles. The standard InChI is InChI=1S/C15H20N2O/c1-10(9-18)16-8-14-11(2)12(3)17-15-7-5-4-6-13(14)15/h4-7,10,16,18H,8-9H2,1-3H3. The lowest BCUT2D eigenvalue weighted by molar-refractivity contribution is 0.251. The molecule has 0 aliphatic rings. The van der Waals surface area contributed by atoms with Crippen molar-refractivity contribution in [3.63, 3.8) is 0 Å². The molecule has 0 radical (unpaired) electrons. The molecule has 0 spiro atoms. The number of aliphatic hydroxyl groups excluding tert-OH is 1. The highest BCUT2D eigenvalue weighted by atomic mass is 16.3. The van der Waals surface area contributed by atoms with Gasteiger partial charge in [0.05, 0.1) is 12.1 Å². The minimum atomic E-state index is 0.108. The lowest BCUT2D eigenvalue weighted by Gasteiger charge is -2.16. The van der Waals surface area contributed by atoms with Gasteiger partial charge in [-0.3, -0.25) is 4.98 Å². The van der Waals surface area contributed by atoms with E-state index in [1.54, 1.807) is 0 Å². The van der Waals surface area contributed by atoms with E-state index in [0.29, 0.717) is 0 Å². The molecule has 1 aromatic heterocycles. The summed E-state index contributed by atoms with van der Waals surface area (Å²) in [7, 11) is 0. The zero-order valence-electron chi connectivity index (χ0n) is 11.2. The number of hydrogen-bond donors (Lipinski definition) is 2. The van der Waals surface area contributed by atoms with Crippen molar-refractivity contribution in [2.45, 2.75) is 33.4 Å². The van der Waals surface area contributed by atoms with Crippen LogP contribution in [0.2, 0.25) is 0 Å². The zero-order chi connectivity index (χ0) is 13.1. The van der Waals surface area contributed by atoms with Gasteiger partial charge in [-0.25, -0.2) is 0 Å². The average Bonchev–Trinajstić information content (AvgIpc) is 2.39. The monoisotopic (exact) mass is 244 g/mol. The van der Waals surface area contributed by atoms with Gasteiger partial charge < -0.3 is 10.4 Å². The van der Waals surface area contributed by atoms with Gasteiger partial charge in [-0.05, 0) is 38.0 Å². The summed E-state index contributed by atoms with van der Waals surface area (Å²) in [6.07, 6.45) is 0. The number of aromatic nitrogens is 1. The van der Waals surface area contributed by atoms with Gasteiger partial charge in [-0.2, -0.15) is 0 Å². The molecule has 1 atom stereocenters. The summed E-state index contributed by atoms with van der Waals surface area (Å²) in [6, 6.07) is 8.31. The first kappa shape index (κ1) is 13.0. The third kappa shape index (κ3) is 2.52. The molecule has 1 aromatic carbocycles. The first-order chi connectivity index (χ1) is 8.63. The number of fused-ring (bicyclic) bond motifs is 1. The van der Waals surface area contributed by atoms with E-state index in [2.05, 4.69) is 23.3 Å². The van der Waals surface area contributed by atoms with Crippen LogP contribution in [-0.4, -0.2) is 22.7 Å². The Morgan fingerprint density at radius 1 is 1.28 bits per heavy atom. The number of rotatable bonds is 4. The van der Waals surface area contributed by atoms with Gasteiger partial charge >= 0.3 is 0 Å². The largest absolute Gasteiger partial charge is 0.395 e. The molecule has 3 heteroatoms. The van der Waals surface area contributed by atoms with Crippen molar-refractivity contribution in [3.05, 3.63) is 41.1 Å². The molecule has 0 aliphatic heterocycles. The second-order valence-corrected chi connectivity index (χ2v) is 4.78. The second-order valence-electron chi connectivity index (χ2n) is 4.78. The Labute approximate surface area is 108 Å². The van der Waals surface area contributed by atoms with E-state index >= 15 is 0 Å². The van der Waals surface area contributed by atoms with E-state index in [1.165, 1.54) is 16.5 Å². The molecule has 1 heterocycles. The van der Waals surface area contributed by atoms with Crippen molar-refractivity contribution in [1.82, 2.24) is 10.3 Å². The van der Waals surface area contributed by atoms with E-state index in [1.807, 2.05) is 32.0 Å². The Hall–Kier alpha value is -1.45. The molecule has 0 amide bonds. The van der Waals surface area contributed by atoms with Crippen LogP contribution in [-0.2, 0) is 6.54 Å². The number of nitrogens with zero attached hydrogens (tertiary/aromatic N) is 1. The molecule has 96 valence electrons. The fourth-order valence-electron chi connectivity index (χ4n) is 2.08. The predicted molar refractivity (Wildman–Crippen MR) is 74.6 cm³/mol. The SMILES string of the molecule is Cc1nc2ccccc2c(CNC(C)CO)c1C. The lowest BCUT2D eigenvalue weighted by Crippen LogP contribution is -2.29. The maximum atomic E-state index is 9.08. The Morgan fingerprint density at radius 3 is 2.72 bits per heavy atom. The van der Waals surface area contributed by atoms with Gasteiger partial charge in [0.25, 0.3) is 0 Å². The van der Waals surface area contributed by atoms with Crippen LogP contribution in [0.5, 0.6) is 0 Å². The van der Waals surface area contributed by atoms with Gasteiger partial charge in [-0.15, -0.1) is 0 Å². The predicted octanol–water partition coefficient (Wildman–Crippen LogP) is 2.32. The van der Waals surface area contributed by atoms with Crippen molar-refractivity contribution in [2.24, 2.45) is 0 Å². The minimum Gasteiger partial charge on any atom is -0.395 e. The summed E-state index contributed by atoms with van der Waals surface area (Å²) in [5.74, 6) is 0. The minimum absolute atomic E-state index is 0.108. The summed E-state index contributed by atoms with van der Waals surface area (Å²) >= 11 is 0. The third-order valence-electron chi connectivity index (χ3n) is 3.41. The van der Waals surface area contributed by atoms with Gasteiger partial charge in [0.1, 0.15) is 0 Å². The number of hydrogen-bond acceptors (Lipinski definition) is 3. The van der Waals surface area contributed by atoms with Gasteiger partial charge in [0, 0.05) is 23.7 Å². The molecular weight excluding hydrogens is 224 g/mol. The van der Waals surface area contributed by atoms with Gasteiger partial charge in [0.15, 0.2) is 0 Å². The van der Waals surface area contributed by atoms with Crippen molar-refractivity contribution in [2.75, 3.05) is 6.61 Å².